The molecule has 1 heterocycles. The van der Waals surface area contributed by atoms with Crippen LogP contribution in [-0.4, -0.2) is 25.6 Å². The van der Waals surface area contributed by atoms with Crippen LogP contribution in [0.3, 0.4) is 0 Å². The monoisotopic (exact) mass is 396 g/mol. The maximum atomic E-state index is 12.4. The van der Waals surface area contributed by atoms with Gasteiger partial charge in [0.1, 0.15) is 18.0 Å². The third-order valence-corrected chi connectivity index (χ3v) is 4.28. The maximum Gasteiger partial charge on any atom is 0.338 e. The van der Waals surface area contributed by atoms with Crippen LogP contribution < -0.4 is 0 Å². The molecule has 29 heavy (non-hydrogen) atoms. The number of ether oxygens (including phenoxy) is 1. The molecule has 0 aliphatic heterocycles. The van der Waals surface area contributed by atoms with Crippen molar-refractivity contribution >= 4 is 17.3 Å². The van der Waals surface area contributed by atoms with Gasteiger partial charge in [-0.15, -0.1) is 0 Å². The molecule has 10 heteroatoms. The van der Waals surface area contributed by atoms with Crippen LogP contribution in [0.25, 0.3) is 5.69 Å². The minimum absolute atomic E-state index is 0.0492. The molecule has 3 rings (SSSR count). The summed E-state index contributed by atoms with van der Waals surface area (Å²) in [6.07, 6.45) is 0. The lowest BCUT2D eigenvalue weighted by atomic mass is 10.2. The van der Waals surface area contributed by atoms with Crippen LogP contribution in [0.2, 0.25) is 0 Å². The van der Waals surface area contributed by atoms with Gasteiger partial charge < -0.3 is 4.74 Å². The Kier molecular flexibility index (Phi) is 5.35. The average molecular weight is 396 g/mol. The van der Waals surface area contributed by atoms with Crippen LogP contribution in [0.15, 0.2) is 48.5 Å². The van der Waals surface area contributed by atoms with Gasteiger partial charge in [-0.2, -0.15) is 5.10 Å². The molecule has 2 aromatic carbocycles. The van der Waals surface area contributed by atoms with Crippen molar-refractivity contribution in [2.45, 2.75) is 20.5 Å². The van der Waals surface area contributed by atoms with Gasteiger partial charge in [-0.05, 0) is 49.7 Å². The molecule has 0 unspecified atom stereocenters. The maximum absolute atomic E-state index is 12.4. The fraction of sp³-hybridized carbons (Fsp3) is 0.158. The summed E-state index contributed by atoms with van der Waals surface area (Å²) in [4.78, 5) is 33.2. The molecule has 0 amide bonds. The molecule has 0 saturated carbocycles. The molecule has 0 atom stereocenters. The second-order valence-electron chi connectivity index (χ2n) is 6.24. The molecule has 0 aliphatic carbocycles. The van der Waals surface area contributed by atoms with Gasteiger partial charge in [0, 0.05) is 12.1 Å². The van der Waals surface area contributed by atoms with E-state index in [0.717, 1.165) is 0 Å². The van der Waals surface area contributed by atoms with E-state index in [2.05, 4.69) is 5.10 Å². The van der Waals surface area contributed by atoms with E-state index in [1.807, 2.05) is 0 Å². The van der Waals surface area contributed by atoms with Gasteiger partial charge in [0.15, 0.2) is 0 Å². The van der Waals surface area contributed by atoms with Gasteiger partial charge in [0.05, 0.1) is 21.1 Å². The third kappa shape index (κ3) is 4.10. The van der Waals surface area contributed by atoms with Crippen LogP contribution in [0.4, 0.5) is 11.4 Å². The van der Waals surface area contributed by atoms with E-state index in [4.69, 9.17) is 4.74 Å². The Morgan fingerprint density at radius 2 is 1.76 bits per heavy atom. The van der Waals surface area contributed by atoms with Crippen molar-refractivity contribution in [3.8, 4) is 5.69 Å². The minimum atomic E-state index is -0.596. The Morgan fingerprint density at radius 3 is 2.34 bits per heavy atom. The largest absolute Gasteiger partial charge is 0.457 e. The number of carbonyl (C=O) groups is 1. The van der Waals surface area contributed by atoms with Crippen molar-refractivity contribution in [1.29, 1.82) is 0 Å². The highest BCUT2D eigenvalue weighted by molar-refractivity contribution is 5.90. The lowest BCUT2D eigenvalue weighted by molar-refractivity contribution is -0.386. The fourth-order valence-electron chi connectivity index (χ4n) is 2.86. The number of hydrogen-bond acceptors (Lipinski definition) is 7. The van der Waals surface area contributed by atoms with Gasteiger partial charge in [-0.3, -0.25) is 20.2 Å². The van der Waals surface area contributed by atoms with E-state index < -0.39 is 15.8 Å². The van der Waals surface area contributed by atoms with Crippen LogP contribution >= 0.6 is 0 Å². The molecular formula is C19H16N4O6. The van der Waals surface area contributed by atoms with Crippen LogP contribution in [-0.2, 0) is 11.3 Å². The van der Waals surface area contributed by atoms with Crippen molar-refractivity contribution in [2.24, 2.45) is 0 Å². The SMILES string of the molecule is Cc1nn(-c2cccc(C(=O)OCc3ccc([N+](=O)[O-])cc3)c2)c(C)c1[N+](=O)[O-]. The Morgan fingerprint density at radius 1 is 1.07 bits per heavy atom. The number of carbonyl (C=O) groups excluding carboxylic acids is 1. The highest BCUT2D eigenvalue weighted by Gasteiger charge is 2.23. The molecule has 148 valence electrons. The minimum Gasteiger partial charge on any atom is -0.457 e. The summed E-state index contributed by atoms with van der Waals surface area (Å²) >= 11 is 0. The van der Waals surface area contributed by atoms with Gasteiger partial charge in [-0.1, -0.05) is 6.07 Å². The summed E-state index contributed by atoms with van der Waals surface area (Å²) in [7, 11) is 0. The molecule has 10 nitrogen and oxygen atoms in total. The summed E-state index contributed by atoms with van der Waals surface area (Å²) in [6, 6.07) is 12.1. The van der Waals surface area contributed by atoms with Gasteiger partial charge >= 0.3 is 11.7 Å². The predicted molar refractivity (Wildman–Crippen MR) is 102 cm³/mol. The number of nitro benzene ring substituents is 1. The number of esters is 1. The van der Waals surface area contributed by atoms with Gasteiger partial charge in [0.25, 0.3) is 5.69 Å². The number of nitrogens with zero attached hydrogens (tertiary/aromatic N) is 4. The molecular weight excluding hydrogens is 380 g/mol. The molecule has 1 aromatic heterocycles. The van der Waals surface area contributed by atoms with Crippen molar-refractivity contribution in [1.82, 2.24) is 9.78 Å². The first-order chi connectivity index (χ1) is 13.8. The molecule has 0 aliphatic rings. The first-order valence-electron chi connectivity index (χ1n) is 8.49. The molecule has 0 saturated heterocycles. The first-order valence-corrected chi connectivity index (χ1v) is 8.49. The van der Waals surface area contributed by atoms with E-state index in [0.29, 0.717) is 16.9 Å². The Labute approximate surface area is 164 Å². The highest BCUT2D eigenvalue weighted by Crippen LogP contribution is 2.25. The second-order valence-corrected chi connectivity index (χ2v) is 6.24. The van der Waals surface area contributed by atoms with Gasteiger partial charge in [0.2, 0.25) is 0 Å². The normalized spacial score (nSPS) is 10.6. The van der Waals surface area contributed by atoms with E-state index in [-0.39, 0.29) is 29.2 Å². The van der Waals surface area contributed by atoms with Crippen molar-refractivity contribution < 1.29 is 19.4 Å². The number of non-ortho nitro benzene ring substituents is 1. The summed E-state index contributed by atoms with van der Waals surface area (Å²) in [5.41, 5.74) is 1.85. The molecule has 0 N–H and O–H groups in total. The quantitative estimate of drug-likeness (QED) is 0.353. The molecule has 0 fully saturated rings. The lowest BCUT2D eigenvalue weighted by Crippen LogP contribution is -2.07. The zero-order valence-electron chi connectivity index (χ0n) is 15.6. The zero-order chi connectivity index (χ0) is 21.1. The summed E-state index contributed by atoms with van der Waals surface area (Å²) in [6.45, 7) is 3.08. The number of hydrogen-bond donors (Lipinski definition) is 0. The van der Waals surface area contributed by atoms with Crippen molar-refractivity contribution in [3.63, 3.8) is 0 Å². The number of benzene rings is 2. The van der Waals surface area contributed by atoms with Crippen LogP contribution in [0, 0.1) is 34.1 Å². The summed E-state index contributed by atoms with van der Waals surface area (Å²) in [5, 5.41) is 26.0. The van der Waals surface area contributed by atoms with Gasteiger partial charge in [-0.25, -0.2) is 9.48 Å². The van der Waals surface area contributed by atoms with Crippen LogP contribution in [0.1, 0.15) is 27.3 Å². The van der Waals surface area contributed by atoms with Crippen LogP contribution in [0.5, 0.6) is 0 Å². The highest BCUT2D eigenvalue weighted by atomic mass is 16.6. The fourth-order valence-corrected chi connectivity index (χ4v) is 2.86. The Balaban J connectivity index is 1.77. The molecule has 0 bridgehead atoms. The molecule has 3 aromatic rings. The Hall–Kier alpha value is -4.08. The van der Waals surface area contributed by atoms with E-state index in [1.54, 1.807) is 32.0 Å². The number of rotatable bonds is 6. The summed E-state index contributed by atoms with van der Waals surface area (Å²) < 4.78 is 6.66. The first kappa shape index (κ1) is 19.7. The van der Waals surface area contributed by atoms with Crippen molar-refractivity contribution in [2.75, 3.05) is 0 Å². The third-order valence-electron chi connectivity index (χ3n) is 4.28. The standard InChI is InChI=1S/C19H16N4O6/c1-12-18(23(27)28)13(2)21(20-12)17-5-3-4-15(10-17)19(24)29-11-14-6-8-16(9-7-14)22(25)26/h3-10H,11H2,1-2H3. The van der Waals surface area contributed by atoms with Crippen molar-refractivity contribution in [3.05, 3.63) is 91.3 Å². The number of aryl methyl sites for hydroxylation is 1. The average Bonchev–Trinajstić information content (AvgIpc) is 3.00. The number of nitro groups is 2. The van der Waals surface area contributed by atoms with E-state index >= 15 is 0 Å². The second kappa shape index (κ2) is 7.89. The number of aromatic nitrogens is 2. The predicted octanol–water partition coefficient (Wildman–Crippen LogP) is 3.66. The Bertz CT molecular complexity index is 1100. The molecule has 0 spiro atoms. The van der Waals surface area contributed by atoms with E-state index in [9.17, 15) is 25.0 Å². The smallest absolute Gasteiger partial charge is 0.338 e. The topological polar surface area (TPSA) is 130 Å². The molecule has 0 radical (unpaired) electrons. The summed E-state index contributed by atoms with van der Waals surface area (Å²) in [5.74, 6) is -0.596. The lowest BCUT2D eigenvalue weighted by Gasteiger charge is -2.08. The zero-order valence-corrected chi connectivity index (χ0v) is 15.6. The van der Waals surface area contributed by atoms with E-state index in [1.165, 1.54) is 35.0 Å².